The van der Waals surface area contributed by atoms with Crippen molar-refractivity contribution in [1.82, 2.24) is 9.88 Å². The van der Waals surface area contributed by atoms with Crippen LogP contribution in [-0.2, 0) is 17.5 Å². The average Bonchev–Trinajstić information content (AvgIpc) is 2.86. The van der Waals surface area contributed by atoms with E-state index in [1.807, 2.05) is 0 Å². The molecule has 3 rings (SSSR count). The number of nitriles is 1. The van der Waals surface area contributed by atoms with Crippen molar-refractivity contribution < 1.29 is 27.9 Å². The molecule has 0 unspecified atom stereocenters. The smallest absolute Gasteiger partial charge is 0.417 e. The van der Waals surface area contributed by atoms with E-state index in [1.54, 1.807) is 19.9 Å². The molecule has 31 heavy (non-hydrogen) atoms. The van der Waals surface area contributed by atoms with E-state index in [1.165, 1.54) is 29.2 Å². The molecule has 1 aliphatic rings. The Morgan fingerprint density at radius 1 is 1.29 bits per heavy atom. The van der Waals surface area contributed by atoms with E-state index < -0.39 is 34.7 Å². The third-order valence-corrected chi connectivity index (χ3v) is 5.26. The highest BCUT2D eigenvalue weighted by molar-refractivity contribution is 7.80. The van der Waals surface area contributed by atoms with Crippen LogP contribution in [0.5, 0.6) is 0 Å². The molecule has 1 aromatic carbocycles. The second-order valence-corrected chi connectivity index (χ2v) is 7.59. The lowest BCUT2D eigenvalue weighted by molar-refractivity contribution is -0.137. The molecule has 1 fully saturated rings. The normalized spacial score (nSPS) is 15.9. The number of rotatable bonds is 4. The van der Waals surface area contributed by atoms with Crippen molar-refractivity contribution in [2.75, 3.05) is 4.90 Å². The minimum absolute atomic E-state index is 0.0302. The van der Waals surface area contributed by atoms with Gasteiger partial charge in [0.05, 0.1) is 35.1 Å². The zero-order chi connectivity index (χ0) is 23.1. The molecule has 1 saturated heterocycles. The number of aromatic nitrogens is 1. The second-order valence-electron chi connectivity index (χ2n) is 7.23. The number of hydrogen-bond donors (Lipinski definition) is 1. The summed E-state index contributed by atoms with van der Waals surface area (Å²) >= 11 is 5.39. The Hall–Kier alpha value is -3.52. The molecule has 160 valence electrons. The lowest BCUT2D eigenvalue weighted by Gasteiger charge is -2.29. The lowest BCUT2D eigenvalue weighted by atomic mass is 10.0. The summed E-state index contributed by atoms with van der Waals surface area (Å²) in [5, 5.41) is 18.0. The molecule has 0 saturated carbocycles. The molecule has 0 radical (unpaired) electrons. The van der Waals surface area contributed by atoms with Gasteiger partial charge in [-0.05, 0) is 56.4 Å². The highest BCUT2D eigenvalue weighted by Crippen LogP contribution is 2.38. The molecule has 0 spiro atoms. The summed E-state index contributed by atoms with van der Waals surface area (Å²) in [6, 6.07) is 8.78. The molecule has 2 heterocycles. The van der Waals surface area contributed by atoms with Gasteiger partial charge in [-0.2, -0.15) is 18.4 Å². The van der Waals surface area contributed by atoms with Gasteiger partial charge in [-0.1, -0.05) is 6.07 Å². The van der Waals surface area contributed by atoms with Crippen molar-refractivity contribution in [3.05, 3.63) is 58.9 Å². The van der Waals surface area contributed by atoms with Crippen LogP contribution in [0.2, 0.25) is 0 Å². The van der Waals surface area contributed by atoms with E-state index in [4.69, 9.17) is 22.6 Å². The molecule has 11 heteroatoms. The van der Waals surface area contributed by atoms with E-state index >= 15 is 0 Å². The van der Waals surface area contributed by atoms with Crippen LogP contribution in [0.1, 0.15) is 41.2 Å². The van der Waals surface area contributed by atoms with Crippen LogP contribution in [0.25, 0.3) is 0 Å². The summed E-state index contributed by atoms with van der Waals surface area (Å²) in [4.78, 5) is 30.7. The number of pyridine rings is 1. The molecular weight excluding hydrogens is 433 g/mol. The van der Waals surface area contributed by atoms with Crippen LogP contribution < -0.4 is 4.90 Å². The van der Waals surface area contributed by atoms with Gasteiger partial charge in [0.25, 0.3) is 5.91 Å². The highest BCUT2D eigenvalue weighted by Gasteiger charge is 2.50. The predicted molar refractivity (Wildman–Crippen MR) is 107 cm³/mol. The van der Waals surface area contributed by atoms with Crippen molar-refractivity contribution >= 4 is 34.9 Å². The number of hydrogen-bond acceptors (Lipinski definition) is 5. The Morgan fingerprint density at radius 2 is 1.97 bits per heavy atom. The summed E-state index contributed by atoms with van der Waals surface area (Å²) in [5.74, 6) is -1.79. The maximum absolute atomic E-state index is 13.4. The average molecular weight is 448 g/mol. The van der Waals surface area contributed by atoms with Crippen molar-refractivity contribution in [3.63, 3.8) is 0 Å². The van der Waals surface area contributed by atoms with Crippen LogP contribution in [0.4, 0.5) is 18.9 Å². The van der Waals surface area contributed by atoms with Crippen LogP contribution >= 0.6 is 12.2 Å². The maximum Gasteiger partial charge on any atom is 0.417 e. The van der Waals surface area contributed by atoms with Gasteiger partial charge >= 0.3 is 12.1 Å². The minimum Gasteiger partial charge on any atom is -0.477 e. The SMILES string of the molecule is CC1(C)C(=O)N(c2ccc(C#N)c(C(F)(F)F)c2)C(=S)N1Cc1cccc(C(=O)O)n1. The number of carboxylic acid groups (broad SMARTS) is 1. The van der Waals surface area contributed by atoms with E-state index in [2.05, 4.69) is 4.98 Å². The van der Waals surface area contributed by atoms with Crippen LogP contribution in [0.3, 0.4) is 0 Å². The second kappa shape index (κ2) is 7.63. The molecule has 0 bridgehead atoms. The Bertz CT molecular complexity index is 1140. The van der Waals surface area contributed by atoms with E-state index in [0.717, 1.165) is 11.0 Å². The number of alkyl halides is 3. The van der Waals surface area contributed by atoms with Crippen LogP contribution in [0.15, 0.2) is 36.4 Å². The number of carbonyl (C=O) groups excluding carboxylic acids is 1. The molecule has 2 aromatic rings. The summed E-state index contributed by atoms with van der Waals surface area (Å²) in [6.07, 6.45) is -4.79. The van der Waals surface area contributed by atoms with Gasteiger partial charge in [-0.15, -0.1) is 0 Å². The Labute approximate surface area is 180 Å². The summed E-state index contributed by atoms with van der Waals surface area (Å²) in [5.41, 5.74) is -2.96. The molecule has 0 aliphatic carbocycles. The van der Waals surface area contributed by atoms with E-state index in [0.29, 0.717) is 11.8 Å². The summed E-state index contributed by atoms with van der Waals surface area (Å²) in [6.45, 7) is 3.07. The van der Waals surface area contributed by atoms with E-state index in [-0.39, 0.29) is 23.0 Å². The number of nitrogens with zero attached hydrogens (tertiary/aromatic N) is 4. The van der Waals surface area contributed by atoms with Gasteiger partial charge in [-0.3, -0.25) is 9.69 Å². The number of thiocarbonyl (C=S) groups is 1. The monoisotopic (exact) mass is 448 g/mol. The first-order valence-corrected chi connectivity index (χ1v) is 9.25. The molecule has 1 N–H and O–H groups in total. The number of carbonyl (C=O) groups is 2. The number of carboxylic acids is 1. The fourth-order valence-electron chi connectivity index (χ4n) is 3.18. The molecule has 1 aliphatic heterocycles. The fourth-order valence-corrected chi connectivity index (χ4v) is 3.66. The molecule has 7 nitrogen and oxygen atoms in total. The van der Waals surface area contributed by atoms with Gasteiger partial charge in [0.1, 0.15) is 11.2 Å². The summed E-state index contributed by atoms with van der Waals surface area (Å²) < 4.78 is 40.1. The molecule has 1 amide bonds. The quantitative estimate of drug-likeness (QED) is 0.714. The minimum atomic E-state index is -4.79. The maximum atomic E-state index is 13.4. The van der Waals surface area contributed by atoms with E-state index in [9.17, 15) is 22.8 Å². The zero-order valence-corrected chi connectivity index (χ0v) is 17.1. The Kier molecular flexibility index (Phi) is 5.45. The third-order valence-electron chi connectivity index (χ3n) is 4.86. The Balaban J connectivity index is 2.01. The summed E-state index contributed by atoms with van der Waals surface area (Å²) in [7, 11) is 0. The van der Waals surface area contributed by atoms with Crippen LogP contribution in [0, 0.1) is 11.3 Å². The van der Waals surface area contributed by atoms with Crippen molar-refractivity contribution in [2.24, 2.45) is 0 Å². The van der Waals surface area contributed by atoms with Crippen molar-refractivity contribution in [3.8, 4) is 6.07 Å². The fraction of sp³-hybridized carbons (Fsp3) is 0.250. The van der Waals surface area contributed by atoms with Gasteiger partial charge in [0.15, 0.2) is 5.11 Å². The van der Waals surface area contributed by atoms with Gasteiger partial charge in [-0.25, -0.2) is 9.78 Å². The lowest BCUT2D eigenvalue weighted by Crippen LogP contribution is -2.43. The molecule has 1 aromatic heterocycles. The van der Waals surface area contributed by atoms with Gasteiger partial charge < -0.3 is 10.0 Å². The third kappa shape index (κ3) is 3.94. The standard InChI is InChI=1S/C20H15F3N4O3S/c1-19(2)17(30)27(13-7-6-11(9-24)14(8-13)20(21,22)23)18(31)26(19)10-12-4-3-5-15(25-12)16(28)29/h3-8H,10H2,1-2H3,(H,28,29). The first kappa shape index (κ1) is 22.2. The van der Waals surface area contributed by atoms with Crippen molar-refractivity contribution in [1.29, 1.82) is 5.26 Å². The molecule has 0 atom stereocenters. The molecular formula is C20H15F3N4O3S. The van der Waals surface area contributed by atoms with Crippen molar-refractivity contribution in [2.45, 2.75) is 32.1 Å². The number of amides is 1. The van der Waals surface area contributed by atoms with Gasteiger partial charge in [0.2, 0.25) is 0 Å². The number of anilines is 1. The number of benzene rings is 1. The first-order chi connectivity index (χ1) is 14.4. The van der Waals surface area contributed by atoms with Gasteiger partial charge in [0, 0.05) is 0 Å². The predicted octanol–water partition coefficient (Wildman–Crippen LogP) is 3.58. The topological polar surface area (TPSA) is 97.5 Å². The van der Waals surface area contributed by atoms with Crippen LogP contribution in [-0.4, -0.2) is 37.5 Å². The Morgan fingerprint density at radius 3 is 2.55 bits per heavy atom. The number of aromatic carboxylic acids is 1. The zero-order valence-electron chi connectivity index (χ0n) is 16.3. The number of halogens is 3. The first-order valence-electron chi connectivity index (χ1n) is 8.84. The largest absolute Gasteiger partial charge is 0.477 e. The highest BCUT2D eigenvalue weighted by atomic mass is 32.1.